The van der Waals surface area contributed by atoms with Gasteiger partial charge in [-0.15, -0.1) is 11.3 Å². The molecule has 2 saturated heterocycles. The fourth-order valence-corrected chi connectivity index (χ4v) is 4.25. The Bertz CT molecular complexity index is 456. The monoisotopic (exact) mass is 292 g/mol. The Balaban J connectivity index is 1.37. The number of rotatable bonds is 4. The van der Waals surface area contributed by atoms with Crippen LogP contribution >= 0.6 is 11.3 Å². The summed E-state index contributed by atoms with van der Waals surface area (Å²) >= 11 is 1.82. The zero-order valence-electron chi connectivity index (χ0n) is 12.1. The van der Waals surface area contributed by atoms with E-state index in [1.807, 2.05) is 11.3 Å². The molecule has 3 heterocycles. The van der Waals surface area contributed by atoms with E-state index in [9.17, 15) is 0 Å². The molecule has 0 bridgehead atoms. The van der Waals surface area contributed by atoms with E-state index in [1.165, 1.54) is 62.6 Å². The van der Waals surface area contributed by atoms with Gasteiger partial charge in [-0.1, -0.05) is 6.42 Å². The van der Waals surface area contributed by atoms with Crippen LogP contribution in [0.3, 0.4) is 0 Å². The van der Waals surface area contributed by atoms with Crippen LogP contribution in [0.5, 0.6) is 0 Å². The van der Waals surface area contributed by atoms with E-state index in [4.69, 9.17) is 4.98 Å². The number of fused-ring (bicyclic) bond motifs is 1. The normalized spacial score (nSPS) is 27.6. The molecular weight excluding hydrogens is 268 g/mol. The number of piperazine rings is 1. The van der Waals surface area contributed by atoms with Crippen LogP contribution in [0.1, 0.15) is 37.8 Å². The second-order valence-corrected chi connectivity index (χ2v) is 7.24. The highest BCUT2D eigenvalue weighted by Crippen LogP contribution is 2.27. The molecule has 1 aliphatic carbocycles. The third-order valence-electron chi connectivity index (χ3n) is 4.80. The lowest BCUT2D eigenvalue weighted by molar-refractivity contribution is 0.133. The number of thiazole rings is 1. The van der Waals surface area contributed by atoms with Crippen molar-refractivity contribution in [2.75, 3.05) is 31.1 Å². The quantitative estimate of drug-likeness (QED) is 0.920. The van der Waals surface area contributed by atoms with Crippen LogP contribution in [0.15, 0.2) is 5.38 Å². The lowest BCUT2D eigenvalue weighted by Gasteiger charge is -2.44. The molecule has 20 heavy (non-hydrogen) atoms. The number of piperidine rings is 1. The van der Waals surface area contributed by atoms with Crippen LogP contribution in [-0.4, -0.2) is 48.1 Å². The highest BCUT2D eigenvalue weighted by molar-refractivity contribution is 7.13. The van der Waals surface area contributed by atoms with Crippen molar-refractivity contribution >= 4 is 16.5 Å². The van der Waals surface area contributed by atoms with Gasteiger partial charge in [-0.2, -0.15) is 0 Å². The average molecular weight is 292 g/mol. The molecule has 1 N–H and O–H groups in total. The highest BCUT2D eigenvalue weighted by atomic mass is 32.1. The molecule has 3 fully saturated rings. The lowest BCUT2D eigenvalue weighted by atomic mass is 10.00. The Morgan fingerprint density at radius 2 is 2.15 bits per heavy atom. The Labute approximate surface area is 125 Å². The summed E-state index contributed by atoms with van der Waals surface area (Å²) in [7, 11) is 0. The maximum Gasteiger partial charge on any atom is 0.185 e. The standard InChI is InChI=1S/C15H24N4S/c1-2-6-18-7-8-19(10-14(18)3-1)15-17-13(11-20-15)9-16-12-4-5-12/h11-12,14,16H,1-10H2. The Hall–Kier alpha value is -0.650. The van der Waals surface area contributed by atoms with E-state index in [2.05, 4.69) is 20.5 Å². The lowest BCUT2D eigenvalue weighted by Crippen LogP contribution is -2.54. The number of nitrogens with zero attached hydrogens (tertiary/aromatic N) is 3. The van der Waals surface area contributed by atoms with Crippen molar-refractivity contribution in [1.82, 2.24) is 15.2 Å². The van der Waals surface area contributed by atoms with Crippen molar-refractivity contribution in [3.63, 3.8) is 0 Å². The van der Waals surface area contributed by atoms with Crippen LogP contribution in [0.4, 0.5) is 5.13 Å². The van der Waals surface area contributed by atoms with Gasteiger partial charge in [-0.3, -0.25) is 4.90 Å². The van der Waals surface area contributed by atoms with Gasteiger partial charge in [0.05, 0.1) is 5.69 Å². The SMILES string of the molecule is c1sc(N2CCN3CCCCC3C2)nc1CNC1CC1. The van der Waals surface area contributed by atoms with Gasteiger partial charge in [0.2, 0.25) is 0 Å². The van der Waals surface area contributed by atoms with Gasteiger partial charge < -0.3 is 10.2 Å². The number of anilines is 1. The molecule has 1 aromatic heterocycles. The molecule has 1 atom stereocenters. The minimum Gasteiger partial charge on any atom is -0.345 e. The predicted octanol–water partition coefficient (Wildman–Crippen LogP) is 2.07. The van der Waals surface area contributed by atoms with Crippen molar-refractivity contribution in [3.8, 4) is 0 Å². The molecule has 0 amide bonds. The summed E-state index contributed by atoms with van der Waals surface area (Å²) < 4.78 is 0. The molecule has 0 radical (unpaired) electrons. The Morgan fingerprint density at radius 3 is 3.05 bits per heavy atom. The molecule has 2 aliphatic heterocycles. The van der Waals surface area contributed by atoms with Gasteiger partial charge in [0, 0.05) is 43.6 Å². The zero-order chi connectivity index (χ0) is 13.4. The van der Waals surface area contributed by atoms with Crippen molar-refractivity contribution in [2.24, 2.45) is 0 Å². The number of aromatic nitrogens is 1. The van der Waals surface area contributed by atoms with Crippen LogP contribution in [0, 0.1) is 0 Å². The number of nitrogens with one attached hydrogen (secondary N) is 1. The summed E-state index contributed by atoms with van der Waals surface area (Å²) in [6, 6.07) is 1.54. The first-order chi connectivity index (χ1) is 9.88. The van der Waals surface area contributed by atoms with E-state index in [1.54, 1.807) is 0 Å². The summed E-state index contributed by atoms with van der Waals surface area (Å²) in [5.41, 5.74) is 1.22. The summed E-state index contributed by atoms with van der Waals surface area (Å²) in [6.07, 6.45) is 6.87. The molecule has 4 nitrogen and oxygen atoms in total. The molecule has 0 spiro atoms. The maximum absolute atomic E-state index is 4.83. The zero-order valence-corrected chi connectivity index (χ0v) is 12.9. The second-order valence-electron chi connectivity index (χ2n) is 6.41. The van der Waals surface area contributed by atoms with Crippen molar-refractivity contribution < 1.29 is 0 Å². The van der Waals surface area contributed by atoms with Gasteiger partial charge in [0.25, 0.3) is 0 Å². The molecule has 5 heteroatoms. The van der Waals surface area contributed by atoms with E-state index >= 15 is 0 Å². The molecule has 0 aromatic carbocycles. The van der Waals surface area contributed by atoms with Crippen LogP contribution < -0.4 is 10.2 Å². The van der Waals surface area contributed by atoms with Crippen molar-refractivity contribution in [2.45, 2.75) is 50.7 Å². The smallest absolute Gasteiger partial charge is 0.185 e. The minimum atomic E-state index is 0.769. The van der Waals surface area contributed by atoms with Crippen molar-refractivity contribution in [3.05, 3.63) is 11.1 Å². The average Bonchev–Trinajstić information content (AvgIpc) is 3.21. The molecular formula is C15H24N4S. The fourth-order valence-electron chi connectivity index (χ4n) is 3.39. The van der Waals surface area contributed by atoms with Crippen LogP contribution in [0.25, 0.3) is 0 Å². The molecule has 1 saturated carbocycles. The van der Waals surface area contributed by atoms with E-state index < -0.39 is 0 Å². The summed E-state index contributed by atoms with van der Waals surface area (Å²) in [4.78, 5) is 10.0. The summed E-state index contributed by atoms with van der Waals surface area (Å²) in [5.74, 6) is 0. The van der Waals surface area contributed by atoms with Crippen molar-refractivity contribution in [1.29, 1.82) is 0 Å². The second kappa shape index (κ2) is 5.62. The van der Waals surface area contributed by atoms with Gasteiger partial charge in [0.15, 0.2) is 5.13 Å². The van der Waals surface area contributed by atoms with Gasteiger partial charge in [-0.25, -0.2) is 4.98 Å². The summed E-state index contributed by atoms with van der Waals surface area (Å²) in [6.45, 7) is 5.82. The third-order valence-corrected chi connectivity index (χ3v) is 5.75. The first kappa shape index (κ1) is 13.0. The van der Waals surface area contributed by atoms with Gasteiger partial charge >= 0.3 is 0 Å². The van der Waals surface area contributed by atoms with E-state index in [-0.39, 0.29) is 0 Å². The minimum absolute atomic E-state index is 0.769. The third kappa shape index (κ3) is 2.85. The largest absolute Gasteiger partial charge is 0.345 e. The highest BCUT2D eigenvalue weighted by Gasteiger charge is 2.30. The van der Waals surface area contributed by atoms with Gasteiger partial charge in [-0.05, 0) is 32.2 Å². The topological polar surface area (TPSA) is 31.4 Å². The predicted molar refractivity (Wildman–Crippen MR) is 83.4 cm³/mol. The number of hydrogen-bond acceptors (Lipinski definition) is 5. The van der Waals surface area contributed by atoms with E-state index in [0.717, 1.165) is 25.2 Å². The molecule has 1 unspecified atom stereocenters. The Morgan fingerprint density at radius 1 is 1.20 bits per heavy atom. The first-order valence-electron chi connectivity index (χ1n) is 8.05. The Kier molecular flexibility index (Phi) is 3.67. The molecule has 4 rings (SSSR count). The van der Waals surface area contributed by atoms with E-state index in [0.29, 0.717) is 0 Å². The number of hydrogen-bond donors (Lipinski definition) is 1. The maximum atomic E-state index is 4.83. The van der Waals surface area contributed by atoms with Crippen LogP contribution in [-0.2, 0) is 6.54 Å². The fraction of sp³-hybridized carbons (Fsp3) is 0.800. The van der Waals surface area contributed by atoms with Crippen LogP contribution in [0.2, 0.25) is 0 Å². The molecule has 1 aromatic rings. The summed E-state index contributed by atoms with van der Waals surface area (Å²) in [5, 5.41) is 7.02. The molecule has 3 aliphatic rings. The first-order valence-corrected chi connectivity index (χ1v) is 8.93. The van der Waals surface area contributed by atoms with Gasteiger partial charge in [0.1, 0.15) is 0 Å². The molecule has 110 valence electrons.